The topological polar surface area (TPSA) is 145 Å². The molecule has 1 fully saturated rings. The molecule has 5 rings (SSSR count). The average molecular weight is 640 g/mol. The van der Waals surface area contributed by atoms with Gasteiger partial charge in [-0.2, -0.15) is 0 Å². The van der Waals surface area contributed by atoms with E-state index in [1.165, 1.54) is 7.11 Å². The number of hydrogen-bond donors (Lipinski definition) is 3. The van der Waals surface area contributed by atoms with Crippen LogP contribution in [0.1, 0.15) is 43.9 Å². The number of rotatable bonds is 12. The quantitative estimate of drug-likeness (QED) is 0.200. The highest BCUT2D eigenvalue weighted by Gasteiger charge is 2.39. The molecule has 3 unspecified atom stereocenters. The third kappa shape index (κ3) is 7.87. The Morgan fingerprint density at radius 1 is 0.979 bits per heavy atom. The molecule has 4 aromatic rings. The minimum absolute atomic E-state index is 0.0644. The summed E-state index contributed by atoms with van der Waals surface area (Å²) in [4.78, 5) is 54.4. The maximum absolute atomic E-state index is 14.1. The minimum Gasteiger partial charge on any atom is -0.467 e. The molecule has 246 valence electrons. The Hall–Kier alpha value is -5.00. The fourth-order valence-corrected chi connectivity index (χ4v) is 5.72. The monoisotopic (exact) mass is 639 g/mol. The molecule has 1 aliphatic heterocycles. The van der Waals surface area contributed by atoms with E-state index in [9.17, 15) is 19.2 Å². The zero-order valence-electron chi connectivity index (χ0n) is 26.8. The van der Waals surface area contributed by atoms with E-state index >= 15 is 0 Å². The zero-order valence-corrected chi connectivity index (χ0v) is 26.8. The van der Waals surface area contributed by atoms with Gasteiger partial charge in [0.25, 0.3) is 5.91 Å². The van der Waals surface area contributed by atoms with Crippen LogP contribution in [0.2, 0.25) is 0 Å². The summed E-state index contributed by atoms with van der Waals surface area (Å²) in [5.74, 6) is -1.57. The lowest BCUT2D eigenvalue weighted by atomic mass is 10.0. The van der Waals surface area contributed by atoms with Crippen molar-refractivity contribution in [1.29, 1.82) is 0 Å². The number of methoxy groups -OCH3 is 1. The third-order valence-electron chi connectivity index (χ3n) is 8.23. The van der Waals surface area contributed by atoms with Gasteiger partial charge in [-0.15, -0.1) is 0 Å². The summed E-state index contributed by atoms with van der Waals surface area (Å²) in [5, 5.41) is 6.39. The van der Waals surface area contributed by atoms with Gasteiger partial charge in [0, 0.05) is 29.3 Å². The fourth-order valence-electron chi connectivity index (χ4n) is 5.72. The first-order chi connectivity index (χ1) is 22.6. The molecule has 11 heteroatoms. The number of nitrogens with one attached hydrogen (secondary N) is 2. The number of hydrogen-bond acceptors (Lipinski definition) is 7. The van der Waals surface area contributed by atoms with Gasteiger partial charge in [0.15, 0.2) is 0 Å². The first-order valence-corrected chi connectivity index (χ1v) is 15.6. The fraction of sp³-hybridized carbons (Fsp3) is 0.333. The van der Waals surface area contributed by atoms with Crippen LogP contribution in [0.4, 0.5) is 5.69 Å². The standard InChI is InChI=1S/C36H41N5O6/c1-36(2,37)35(45)39-28(23-47-22-24-11-6-4-7-12-24)32(42)38-27-16-17-29-26(21-27)18-20-40(29)31(25-13-8-5-9-14-25)33(43)41-19-10-15-30(41)34(44)46-3/h4-9,11-14,16-18,20-21,28,30-31H,10,15,19,22-23,37H2,1-3H3,(H,38,42)(H,39,45). The van der Waals surface area contributed by atoms with Gasteiger partial charge in [-0.25, -0.2) is 4.79 Å². The number of carbonyl (C=O) groups is 4. The van der Waals surface area contributed by atoms with Crippen molar-refractivity contribution in [2.24, 2.45) is 5.73 Å². The van der Waals surface area contributed by atoms with E-state index in [-0.39, 0.29) is 19.1 Å². The van der Waals surface area contributed by atoms with Gasteiger partial charge in [-0.05, 0) is 62.1 Å². The van der Waals surface area contributed by atoms with Crippen molar-refractivity contribution in [2.75, 3.05) is 25.6 Å². The van der Waals surface area contributed by atoms with Gasteiger partial charge in [-0.3, -0.25) is 14.4 Å². The summed E-state index contributed by atoms with van der Waals surface area (Å²) >= 11 is 0. The summed E-state index contributed by atoms with van der Waals surface area (Å²) in [6.45, 7) is 3.79. The van der Waals surface area contributed by atoms with Crippen LogP contribution >= 0.6 is 0 Å². The number of nitrogens with two attached hydrogens (primary N) is 1. The molecule has 3 amide bonds. The molecule has 11 nitrogen and oxygen atoms in total. The maximum atomic E-state index is 14.1. The molecule has 0 radical (unpaired) electrons. The minimum atomic E-state index is -1.20. The molecule has 0 saturated carbocycles. The van der Waals surface area contributed by atoms with Gasteiger partial charge in [0.2, 0.25) is 11.8 Å². The number of benzene rings is 3. The molecular weight excluding hydrogens is 598 g/mol. The molecular formula is C36H41N5O6. The van der Waals surface area contributed by atoms with Crippen LogP contribution in [0.15, 0.2) is 91.1 Å². The first-order valence-electron chi connectivity index (χ1n) is 15.6. The Bertz CT molecular complexity index is 1720. The van der Waals surface area contributed by atoms with E-state index in [0.717, 1.165) is 22.0 Å². The van der Waals surface area contributed by atoms with Crippen LogP contribution in [0.5, 0.6) is 0 Å². The van der Waals surface area contributed by atoms with Crippen molar-refractivity contribution >= 4 is 40.3 Å². The molecule has 3 atom stereocenters. The van der Waals surface area contributed by atoms with Crippen LogP contribution < -0.4 is 16.4 Å². The van der Waals surface area contributed by atoms with E-state index in [1.807, 2.05) is 83.6 Å². The Balaban J connectivity index is 1.38. The van der Waals surface area contributed by atoms with Crippen LogP contribution in [-0.2, 0) is 35.3 Å². The number of esters is 1. The highest BCUT2D eigenvalue weighted by Crippen LogP contribution is 2.31. The van der Waals surface area contributed by atoms with E-state index in [4.69, 9.17) is 15.2 Å². The van der Waals surface area contributed by atoms with Crippen molar-refractivity contribution in [3.05, 3.63) is 102 Å². The van der Waals surface area contributed by atoms with Crippen molar-refractivity contribution in [2.45, 2.75) is 57.0 Å². The number of carbonyl (C=O) groups excluding carboxylic acids is 4. The highest BCUT2D eigenvalue weighted by molar-refractivity contribution is 6.00. The summed E-state index contributed by atoms with van der Waals surface area (Å²) < 4.78 is 12.7. The summed E-state index contributed by atoms with van der Waals surface area (Å²) in [5.41, 5.74) is 7.77. The van der Waals surface area contributed by atoms with Gasteiger partial charge in [-0.1, -0.05) is 60.7 Å². The molecule has 1 saturated heterocycles. The number of nitrogens with zero attached hydrogens (tertiary/aromatic N) is 2. The Labute approximate surface area is 274 Å². The van der Waals surface area contributed by atoms with Gasteiger partial charge in [0.1, 0.15) is 18.1 Å². The molecule has 0 bridgehead atoms. The van der Waals surface area contributed by atoms with Crippen molar-refractivity contribution in [3.63, 3.8) is 0 Å². The van der Waals surface area contributed by atoms with E-state index < -0.39 is 41.4 Å². The second-order valence-electron chi connectivity index (χ2n) is 12.3. The number of aromatic nitrogens is 1. The van der Waals surface area contributed by atoms with E-state index in [1.54, 1.807) is 30.9 Å². The molecule has 1 aromatic heterocycles. The molecule has 3 aromatic carbocycles. The Morgan fingerprint density at radius 2 is 1.68 bits per heavy atom. The first kappa shape index (κ1) is 33.4. The summed E-state index contributed by atoms with van der Waals surface area (Å²) in [6, 6.07) is 23.8. The lowest BCUT2D eigenvalue weighted by Gasteiger charge is -2.29. The van der Waals surface area contributed by atoms with Crippen LogP contribution in [-0.4, -0.2) is 71.0 Å². The van der Waals surface area contributed by atoms with E-state index in [0.29, 0.717) is 25.1 Å². The molecule has 47 heavy (non-hydrogen) atoms. The third-order valence-corrected chi connectivity index (χ3v) is 8.23. The molecule has 0 spiro atoms. The zero-order chi connectivity index (χ0) is 33.6. The Kier molecular flexibility index (Phi) is 10.4. The lowest BCUT2D eigenvalue weighted by Crippen LogP contribution is -2.56. The SMILES string of the molecule is COC(=O)C1CCCN1C(=O)C(c1ccccc1)n1ccc2cc(NC(=O)C(COCc3ccccc3)NC(=O)C(C)(C)N)ccc21. The number of likely N-dealkylation sites (tertiary alicyclic amines) is 1. The predicted octanol–water partition coefficient (Wildman–Crippen LogP) is 3.77. The average Bonchev–Trinajstić information content (AvgIpc) is 3.72. The largest absolute Gasteiger partial charge is 0.467 e. The van der Waals surface area contributed by atoms with Crippen LogP contribution in [0.3, 0.4) is 0 Å². The van der Waals surface area contributed by atoms with Crippen molar-refractivity contribution in [1.82, 2.24) is 14.8 Å². The van der Waals surface area contributed by atoms with Gasteiger partial charge >= 0.3 is 5.97 Å². The summed E-state index contributed by atoms with van der Waals surface area (Å²) in [7, 11) is 1.33. The number of fused-ring (bicyclic) bond motifs is 1. The smallest absolute Gasteiger partial charge is 0.328 e. The highest BCUT2D eigenvalue weighted by atomic mass is 16.5. The van der Waals surface area contributed by atoms with Crippen LogP contribution in [0, 0.1) is 0 Å². The normalized spacial score (nSPS) is 16.0. The lowest BCUT2D eigenvalue weighted by molar-refractivity contribution is -0.151. The summed E-state index contributed by atoms with van der Waals surface area (Å²) in [6.07, 6.45) is 3.10. The number of anilines is 1. The molecule has 1 aliphatic rings. The predicted molar refractivity (Wildman–Crippen MR) is 178 cm³/mol. The Morgan fingerprint density at radius 3 is 2.36 bits per heavy atom. The molecule has 4 N–H and O–H groups in total. The van der Waals surface area contributed by atoms with Crippen molar-refractivity contribution < 1.29 is 28.7 Å². The van der Waals surface area contributed by atoms with Gasteiger partial charge < -0.3 is 35.3 Å². The maximum Gasteiger partial charge on any atom is 0.328 e. The van der Waals surface area contributed by atoms with Crippen molar-refractivity contribution in [3.8, 4) is 0 Å². The second-order valence-corrected chi connectivity index (χ2v) is 12.3. The van der Waals surface area contributed by atoms with Crippen LogP contribution in [0.25, 0.3) is 10.9 Å². The van der Waals surface area contributed by atoms with Gasteiger partial charge in [0.05, 0.1) is 25.9 Å². The molecule has 2 heterocycles. The molecule has 0 aliphatic carbocycles. The van der Waals surface area contributed by atoms with E-state index in [2.05, 4.69) is 10.6 Å². The number of amides is 3. The number of ether oxygens (including phenoxy) is 2. The second kappa shape index (κ2) is 14.6.